The van der Waals surface area contributed by atoms with Crippen molar-refractivity contribution in [2.75, 3.05) is 49.4 Å². The van der Waals surface area contributed by atoms with Crippen LogP contribution in [0.2, 0.25) is 0 Å². The highest BCUT2D eigenvalue weighted by Gasteiger charge is 2.45. The SMILES string of the molecule is O=C(c1cc(-c2ccccc2C(=O)N2Cc3cccc(F)c3C[C@H]2CN2CCOCC2)n2c1CCCC2)N(c1ccc(O)cc1)c1ccc2c(c1)N(F)CC2(F)F. The second-order valence-electron chi connectivity index (χ2n) is 15.2. The van der Waals surface area contributed by atoms with Crippen molar-refractivity contribution in [2.24, 2.45) is 0 Å². The molecule has 1 fully saturated rings. The Labute approximate surface area is 327 Å². The summed E-state index contributed by atoms with van der Waals surface area (Å²) in [4.78, 5) is 35.3. The first-order chi connectivity index (χ1) is 27.6. The van der Waals surface area contributed by atoms with E-state index in [1.54, 1.807) is 18.2 Å². The first-order valence-electron chi connectivity index (χ1n) is 19.4. The fourth-order valence-corrected chi connectivity index (χ4v) is 8.87. The number of carbonyl (C=O) groups is 2. The monoisotopic (exact) mass is 779 g/mol. The maximum atomic E-state index is 15.2. The maximum Gasteiger partial charge on any atom is 0.295 e. The lowest BCUT2D eigenvalue weighted by molar-refractivity contribution is 0.00786. The number of amides is 2. The average Bonchev–Trinajstić information content (AvgIpc) is 3.72. The Morgan fingerprint density at radius 2 is 1.65 bits per heavy atom. The second-order valence-corrected chi connectivity index (χ2v) is 15.2. The van der Waals surface area contributed by atoms with Gasteiger partial charge in [-0.2, -0.15) is 8.78 Å². The van der Waals surface area contributed by atoms with Crippen molar-refractivity contribution in [3.05, 3.63) is 130 Å². The van der Waals surface area contributed by atoms with Crippen molar-refractivity contribution in [2.45, 2.75) is 50.7 Å². The molecule has 57 heavy (non-hydrogen) atoms. The molecule has 0 radical (unpaired) electrons. The molecule has 5 heterocycles. The van der Waals surface area contributed by atoms with Crippen molar-refractivity contribution in [3.8, 4) is 17.0 Å². The molecule has 0 saturated carbocycles. The van der Waals surface area contributed by atoms with E-state index in [0.717, 1.165) is 43.3 Å². The maximum absolute atomic E-state index is 15.2. The Kier molecular flexibility index (Phi) is 9.52. The molecule has 2 amide bonds. The lowest BCUT2D eigenvalue weighted by atomic mass is 9.91. The van der Waals surface area contributed by atoms with E-state index in [-0.39, 0.29) is 46.6 Å². The zero-order valence-electron chi connectivity index (χ0n) is 31.1. The summed E-state index contributed by atoms with van der Waals surface area (Å²) in [6, 6.07) is 23.5. The summed E-state index contributed by atoms with van der Waals surface area (Å²) in [5.74, 6) is -4.38. The summed E-state index contributed by atoms with van der Waals surface area (Å²) in [7, 11) is 0. The third kappa shape index (κ3) is 6.72. The first kappa shape index (κ1) is 36.9. The number of anilines is 3. The van der Waals surface area contributed by atoms with E-state index >= 15 is 4.39 Å². The molecule has 0 spiro atoms. The van der Waals surface area contributed by atoms with E-state index in [2.05, 4.69) is 9.47 Å². The number of ether oxygens (including phenoxy) is 1. The predicted octanol–water partition coefficient (Wildman–Crippen LogP) is 8.01. The number of aromatic hydroxyl groups is 1. The largest absolute Gasteiger partial charge is 0.508 e. The van der Waals surface area contributed by atoms with Crippen LogP contribution in [0.1, 0.15) is 55.9 Å². The third-order valence-corrected chi connectivity index (χ3v) is 11.7. The molecule has 9 nitrogen and oxygen atoms in total. The summed E-state index contributed by atoms with van der Waals surface area (Å²) in [6.45, 7) is 2.91. The van der Waals surface area contributed by atoms with Crippen molar-refractivity contribution in [3.63, 3.8) is 0 Å². The fourth-order valence-electron chi connectivity index (χ4n) is 8.87. The normalized spacial score (nSPS) is 18.8. The van der Waals surface area contributed by atoms with Crippen LogP contribution in [0.3, 0.4) is 0 Å². The van der Waals surface area contributed by atoms with Crippen LogP contribution in [0.15, 0.2) is 91.0 Å². The number of carbonyl (C=O) groups excluding carboxylic acids is 2. The molecular weight excluding hydrogens is 739 g/mol. The zero-order chi connectivity index (χ0) is 39.4. The summed E-state index contributed by atoms with van der Waals surface area (Å²) in [6.07, 6.45) is 2.62. The third-order valence-electron chi connectivity index (χ3n) is 11.7. The Hall–Kier alpha value is -5.66. The zero-order valence-corrected chi connectivity index (χ0v) is 31.1. The molecule has 1 N–H and O–H groups in total. The van der Waals surface area contributed by atoms with Gasteiger partial charge >= 0.3 is 0 Å². The van der Waals surface area contributed by atoms with Crippen LogP contribution in [0.5, 0.6) is 5.75 Å². The molecule has 0 bridgehead atoms. The van der Waals surface area contributed by atoms with E-state index in [4.69, 9.17) is 4.74 Å². The van der Waals surface area contributed by atoms with Gasteiger partial charge in [-0.1, -0.05) is 34.8 Å². The van der Waals surface area contributed by atoms with E-state index < -0.39 is 23.9 Å². The standard InChI is InChI=1S/C44H41F4N5O4/c45-38-9-5-6-28-25-51(31(22-35(28)38)26-49-18-20-57-21-19-49)42(55)34-8-2-1-7-33(34)40-24-36(39-10-3-4-17-50(39)40)43(56)53(29-11-14-32(54)15-12-29)30-13-16-37-41(23-30)52(48)27-44(37,46)47/h1-2,5-9,11-16,23-24,31,54H,3-4,10,17-22,25-27H2/t31-/m0/s1. The van der Waals surface area contributed by atoms with E-state index in [9.17, 15) is 28.0 Å². The number of aromatic nitrogens is 1. The smallest absolute Gasteiger partial charge is 0.295 e. The van der Waals surface area contributed by atoms with Crippen LogP contribution in [0.25, 0.3) is 11.3 Å². The quantitative estimate of drug-likeness (QED) is 0.133. The summed E-state index contributed by atoms with van der Waals surface area (Å²) < 4.78 is 67.0. The highest BCUT2D eigenvalue weighted by Crippen LogP contribution is 2.46. The van der Waals surface area contributed by atoms with E-state index in [0.29, 0.717) is 72.8 Å². The Bertz CT molecular complexity index is 2360. The van der Waals surface area contributed by atoms with Crippen molar-refractivity contribution < 1.29 is 37.1 Å². The van der Waals surface area contributed by atoms with Gasteiger partial charge < -0.3 is 19.3 Å². The van der Waals surface area contributed by atoms with E-state index in [1.807, 2.05) is 29.2 Å². The van der Waals surface area contributed by atoms with Gasteiger partial charge in [0, 0.05) is 72.5 Å². The minimum absolute atomic E-state index is 0.00641. The van der Waals surface area contributed by atoms with Crippen LogP contribution in [0.4, 0.5) is 34.7 Å². The first-order valence-corrected chi connectivity index (χ1v) is 19.4. The number of benzene rings is 4. The number of rotatable bonds is 7. The summed E-state index contributed by atoms with van der Waals surface area (Å²) in [5.41, 5.74) is 4.02. The number of morpholine rings is 1. The molecule has 4 aromatic carbocycles. The number of alkyl halides is 2. The molecule has 13 heteroatoms. The highest BCUT2D eigenvalue weighted by atomic mass is 19.3. The van der Waals surface area contributed by atoms with Gasteiger partial charge in [0.1, 0.15) is 18.1 Å². The Morgan fingerprint density at radius 3 is 2.46 bits per heavy atom. The molecule has 4 aliphatic rings. The lowest BCUT2D eigenvalue weighted by Gasteiger charge is -2.40. The van der Waals surface area contributed by atoms with Crippen LogP contribution < -0.4 is 10.0 Å². The van der Waals surface area contributed by atoms with Crippen molar-refractivity contribution in [1.29, 1.82) is 0 Å². The number of nitrogens with zero attached hydrogens (tertiary/aromatic N) is 5. The number of phenols is 1. The van der Waals surface area contributed by atoms with Gasteiger partial charge in [-0.25, -0.2) is 9.51 Å². The van der Waals surface area contributed by atoms with Crippen LogP contribution in [-0.4, -0.2) is 76.7 Å². The molecule has 294 valence electrons. The summed E-state index contributed by atoms with van der Waals surface area (Å²) >= 11 is 0. The number of hydrogen-bond acceptors (Lipinski definition) is 6. The van der Waals surface area contributed by atoms with Gasteiger partial charge in [0.15, 0.2) is 0 Å². The Balaban J connectivity index is 1.12. The molecule has 1 atom stereocenters. The van der Waals surface area contributed by atoms with Crippen LogP contribution in [0, 0.1) is 5.82 Å². The fraction of sp³-hybridized carbons (Fsp3) is 0.318. The van der Waals surface area contributed by atoms with Crippen molar-refractivity contribution >= 4 is 28.9 Å². The molecule has 0 aliphatic carbocycles. The molecule has 5 aromatic rings. The van der Waals surface area contributed by atoms with Gasteiger partial charge in [0.25, 0.3) is 17.7 Å². The number of hydrogen-bond donors (Lipinski definition) is 1. The summed E-state index contributed by atoms with van der Waals surface area (Å²) in [5, 5.41) is 10.1. The van der Waals surface area contributed by atoms with Gasteiger partial charge in [-0.05, 0) is 97.5 Å². The topological polar surface area (TPSA) is 81.5 Å². The lowest BCUT2D eigenvalue weighted by Crippen LogP contribution is -2.52. The van der Waals surface area contributed by atoms with Gasteiger partial charge in [0.05, 0.1) is 30.2 Å². The minimum Gasteiger partial charge on any atom is -0.508 e. The Morgan fingerprint density at radius 1 is 0.877 bits per heavy atom. The molecule has 1 aromatic heterocycles. The van der Waals surface area contributed by atoms with Gasteiger partial charge in [-0.15, -0.1) is 0 Å². The van der Waals surface area contributed by atoms with Gasteiger partial charge in [-0.3, -0.25) is 19.4 Å². The molecule has 4 aliphatic heterocycles. The number of fused-ring (bicyclic) bond motifs is 3. The van der Waals surface area contributed by atoms with Crippen LogP contribution in [-0.2, 0) is 36.6 Å². The number of phenolic OH excluding ortho intramolecular Hbond substituents is 1. The minimum atomic E-state index is -3.40. The molecule has 1 saturated heterocycles. The average molecular weight is 780 g/mol. The molecule has 9 rings (SSSR count). The van der Waals surface area contributed by atoms with Gasteiger partial charge in [0.2, 0.25) is 0 Å². The highest BCUT2D eigenvalue weighted by molar-refractivity contribution is 6.13. The molecule has 0 unspecified atom stereocenters. The van der Waals surface area contributed by atoms with Crippen molar-refractivity contribution in [1.82, 2.24) is 14.4 Å². The predicted molar refractivity (Wildman–Crippen MR) is 207 cm³/mol. The van der Waals surface area contributed by atoms with E-state index in [1.165, 1.54) is 47.4 Å². The molecular formula is C44H41F4N5O4. The number of halogens is 4. The second kappa shape index (κ2) is 14.7. The van der Waals surface area contributed by atoms with Crippen LogP contribution >= 0.6 is 0 Å².